The number of hydrogen-bond acceptors (Lipinski definition) is 6. The predicted octanol–water partition coefficient (Wildman–Crippen LogP) is 3.09. The first-order chi connectivity index (χ1) is 15.6. The van der Waals surface area contributed by atoms with Gasteiger partial charge in [0.15, 0.2) is 0 Å². The summed E-state index contributed by atoms with van der Waals surface area (Å²) in [4.78, 5) is 28.9. The van der Waals surface area contributed by atoms with Crippen molar-refractivity contribution in [3.63, 3.8) is 0 Å². The van der Waals surface area contributed by atoms with Crippen molar-refractivity contribution in [2.24, 2.45) is 0 Å². The number of ether oxygens (including phenoxy) is 2. The molecule has 1 aromatic heterocycles. The van der Waals surface area contributed by atoms with E-state index in [1.807, 2.05) is 41.3 Å². The van der Waals surface area contributed by atoms with Crippen LogP contribution in [0.25, 0.3) is 11.0 Å². The maximum absolute atomic E-state index is 12.7. The van der Waals surface area contributed by atoms with Crippen molar-refractivity contribution in [1.82, 2.24) is 9.80 Å². The van der Waals surface area contributed by atoms with Gasteiger partial charge in [-0.1, -0.05) is 12.1 Å². The number of fused-ring (bicyclic) bond motifs is 1. The molecule has 7 heteroatoms. The van der Waals surface area contributed by atoms with Gasteiger partial charge in [-0.3, -0.25) is 9.69 Å². The molecule has 1 saturated heterocycles. The first-order valence-electron chi connectivity index (χ1n) is 10.8. The summed E-state index contributed by atoms with van der Waals surface area (Å²) in [6.07, 6.45) is 1.22. The van der Waals surface area contributed by atoms with Gasteiger partial charge in [0, 0.05) is 56.7 Å². The van der Waals surface area contributed by atoms with Gasteiger partial charge in [0.05, 0.1) is 14.2 Å². The summed E-state index contributed by atoms with van der Waals surface area (Å²) in [7, 11) is 3.23. The zero-order valence-corrected chi connectivity index (χ0v) is 18.5. The quantitative estimate of drug-likeness (QED) is 0.530. The topological polar surface area (TPSA) is 72.2 Å². The molecule has 1 amide bonds. The van der Waals surface area contributed by atoms with Crippen molar-refractivity contribution < 1.29 is 18.7 Å². The summed E-state index contributed by atoms with van der Waals surface area (Å²) < 4.78 is 15.7. The number of carbonyl (C=O) groups is 1. The van der Waals surface area contributed by atoms with E-state index in [2.05, 4.69) is 4.90 Å². The lowest BCUT2D eigenvalue weighted by Crippen LogP contribution is -2.48. The first-order valence-corrected chi connectivity index (χ1v) is 10.8. The molecule has 1 aliphatic heterocycles. The molecule has 0 N–H and O–H groups in total. The van der Waals surface area contributed by atoms with Gasteiger partial charge < -0.3 is 18.8 Å². The first kappa shape index (κ1) is 21.9. The van der Waals surface area contributed by atoms with Crippen LogP contribution in [0.1, 0.15) is 17.5 Å². The Bertz CT molecular complexity index is 1130. The minimum absolute atomic E-state index is 0.179. The second-order valence-electron chi connectivity index (χ2n) is 7.96. The molecule has 2 heterocycles. The number of nitrogens with zero attached hydrogens (tertiary/aromatic N) is 2. The Morgan fingerprint density at radius 2 is 1.62 bits per heavy atom. The Morgan fingerprint density at radius 1 is 0.938 bits per heavy atom. The van der Waals surface area contributed by atoms with Crippen LogP contribution in [0.2, 0.25) is 0 Å². The second kappa shape index (κ2) is 9.87. The highest BCUT2D eigenvalue weighted by atomic mass is 16.5. The third kappa shape index (κ3) is 5.11. The lowest BCUT2D eigenvalue weighted by atomic mass is 10.1. The standard InChI is InChI=1S/C25H28N2O5/c1-30-20-6-3-18(4-7-20)5-10-24(28)27-13-11-26(12-14-27)17-19-15-25(29)32-23-16-21(31-2)8-9-22(19)23/h3-4,6-9,15-16H,5,10-14,17H2,1-2H3. The summed E-state index contributed by atoms with van der Waals surface area (Å²) in [5, 5.41) is 0.906. The number of piperazine rings is 1. The van der Waals surface area contributed by atoms with Gasteiger partial charge in [0.2, 0.25) is 5.91 Å². The molecule has 0 saturated carbocycles. The molecule has 0 spiro atoms. The summed E-state index contributed by atoms with van der Waals surface area (Å²) in [5.41, 5.74) is 2.22. The van der Waals surface area contributed by atoms with Gasteiger partial charge in [-0.25, -0.2) is 4.79 Å². The Labute approximate surface area is 187 Å². The fourth-order valence-corrected chi connectivity index (χ4v) is 4.07. The molecule has 0 atom stereocenters. The van der Waals surface area contributed by atoms with Crippen molar-refractivity contribution in [2.45, 2.75) is 19.4 Å². The molecule has 2 aromatic carbocycles. The van der Waals surface area contributed by atoms with Crippen molar-refractivity contribution >= 4 is 16.9 Å². The third-order valence-electron chi connectivity index (χ3n) is 5.94. The molecule has 0 radical (unpaired) electrons. The molecule has 1 aliphatic rings. The van der Waals surface area contributed by atoms with Gasteiger partial charge >= 0.3 is 5.63 Å². The second-order valence-corrected chi connectivity index (χ2v) is 7.96. The van der Waals surface area contributed by atoms with Crippen molar-refractivity contribution in [2.75, 3.05) is 40.4 Å². The zero-order chi connectivity index (χ0) is 22.5. The van der Waals surface area contributed by atoms with Gasteiger partial charge in [0.1, 0.15) is 17.1 Å². The molecule has 32 heavy (non-hydrogen) atoms. The predicted molar refractivity (Wildman–Crippen MR) is 122 cm³/mol. The monoisotopic (exact) mass is 436 g/mol. The fraction of sp³-hybridized carbons (Fsp3) is 0.360. The van der Waals surface area contributed by atoms with E-state index in [-0.39, 0.29) is 11.5 Å². The van der Waals surface area contributed by atoms with Gasteiger partial charge in [-0.05, 0) is 41.8 Å². The minimum atomic E-state index is -0.368. The van der Waals surface area contributed by atoms with Gasteiger partial charge in [-0.15, -0.1) is 0 Å². The summed E-state index contributed by atoms with van der Waals surface area (Å²) in [6, 6.07) is 14.9. The van der Waals surface area contributed by atoms with Crippen LogP contribution < -0.4 is 15.1 Å². The maximum atomic E-state index is 12.7. The van der Waals surface area contributed by atoms with Gasteiger partial charge in [0.25, 0.3) is 0 Å². The Balaban J connectivity index is 1.32. The molecule has 3 aromatic rings. The van der Waals surface area contributed by atoms with Crippen LogP contribution in [0.5, 0.6) is 11.5 Å². The average Bonchev–Trinajstić information content (AvgIpc) is 2.82. The Morgan fingerprint density at radius 3 is 2.31 bits per heavy atom. The van der Waals surface area contributed by atoms with Crippen LogP contribution in [0, 0.1) is 0 Å². The number of methoxy groups -OCH3 is 2. The number of rotatable bonds is 7. The van der Waals surface area contributed by atoms with Crippen LogP contribution in [-0.4, -0.2) is 56.1 Å². The van der Waals surface area contributed by atoms with E-state index < -0.39 is 0 Å². The summed E-state index contributed by atoms with van der Waals surface area (Å²) in [6.45, 7) is 3.56. The normalized spacial score (nSPS) is 14.5. The summed E-state index contributed by atoms with van der Waals surface area (Å²) in [5.74, 6) is 1.65. The van der Waals surface area contributed by atoms with E-state index in [0.717, 1.165) is 41.8 Å². The Kier molecular flexibility index (Phi) is 6.75. The number of amides is 1. The van der Waals surface area contributed by atoms with Crippen LogP contribution >= 0.6 is 0 Å². The molecular weight excluding hydrogens is 408 g/mol. The molecule has 4 rings (SSSR count). The average molecular weight is 437 g/mol. The highest BCUT2D eigenvalue weighted by Gasteiger charge is 2.22. The Hall–Kier alpha value is -3.32. The number of aryl methyl sites for hydroxylation is 1. The van der Waals surface area contributed by atoms with Crippen LogP contribution in [0.15, 0.2) is 57.7 Å². The van der Waals surface area contributed by atoms with Crippen molar-refractivity contribution in [3.05, 3.63) is 70.1 Å². The zero-order valence-electron chi connectivity index (χ0n) is 18.5. The number of carbonyl (C=O) groups excluding carboxylic acids is 1. The van der Waals surface area contributed by atoms with E-state index in [9.17, 15) is 9.59 Å². The van der Waals surface area contributed by atoms with Crippen LogP contribution in [0.3, 0.4) is 0 Å². The van der Waals surface area contributed by atoms with E-state index in [0.29, 0.717) is 37.4 Å². The highest BCUT2D eigenvalue weighted by molar-refractivity contribution is 5.81. The number of benzene rings is 2. The smallest absolute Gasteiger partial charge is 0.336 e. The summed E-state index contributed by atoms with van der Waals surface area (Å²) >= 11 is 0. The molecule has 7 nitrogen and oxygen atoms in total. The molecule has 168 valence electrons. The molecule has 0 unspecified atom stereocenters. The SMILES string of the molecule is COc1ccc(CCC(=O)N2CCN(Cc3cc(=O)oc4cc(OC)ccc34)CC2)cc1. The van der Waals surface area contributed by atoms with Crippen LogP contribution in [0.4, 0.5) is 0 Å². The van der Waals surface area contributed by atoms with Crippen molar-refractivity contribution in [3.8, 4) is 11.5 Å². The van der Waals surface area contributed by atoms with E-state index in [1.165, 1.54) is 0 Å². The molecule has 0 bridgehead atoms. The maximum Gasteiger partial charge on any atom is 0.336 e. The van der Waals surface area contributed by atoms with Crippen molar-refractivity contribution in [1.29, 1.82) is 0 Å². The fourth-order valence-electron chi connectivity index (χ4n) is 4.07. The highest BCUT2D eigenvalue weighted by Crippen LogP contribution is 2.24. The molecule has 1 fully saturated rings. The van der Waals surface area contributed by atoms with Crippen LogP contribution in [-0.2, 0) is 17.8 Å². The molecule has 0 aliphatic carbocycles. The molecular formula is C25H28N2O5. The van der Waals surface area contributed by atoms with E-state index in [4.69, 9.17) is 13.9 Å². The minimum Gasteiger partial charge on any atom is -0.497 e. The lowest BCUT2D eigenvalue weighted by Gasteiger charge is -2.35. The van der Waals surface area contributed by atoms with E-state index in [1.54, 1.807) is 26.4 Å². The third-order valence-corrected chi connectivity index (χ3v) is 5.94. The largest absolute Gasteiger partial charge is 0.497 e. The van der Waals surface area contributed by atoms with E-state index >= 15 is 0 Å². The lowest BCUT2D eigenvalue weighted by molar-refractivity contribution is -0.133. The number of hydrogen-bond donors (Lipinski definition) is 0. The van der Waals surface area contributed by atoms with Gasteiger partial charge in [-0.2, -0.15) is 0 Å².